The maximum atomic E-state index is 5.87. The summed E-state index contributed by atoms with van der Waals surface area (Å²) in [6.45, 7) is 3.38. The van der Waals surface area contributed by atoms with Gasteiger partial charge in [0.25, 0.3) is 0 Å². The third kappa shape index (κ3) is 3.83. The first-order chi connectivity index (χ1) is 9.19. The fraction of sp³-hybridized carbons (Fsp3) is 0.400. The fourth-order valence-electron chi connectivity index (χ4n) is 2.08. The third-order valence-electron chi connectivity index (χ3n) is 3.04. The zero-order valence-corrected chi connectivity index (χ0v) is 11.6. The predicted molar refractivity (Wildman–Crippen MR) is 76.3 cm³/mol. The highest BCUT2D eigenvalue weighted by atomic mass is 16.5. The molecule has 19 heavy (non-hydrogen) atoms. The van der Waals surface area contributed by atoms with Gasteiger partial charge in [-0.15, -0.1) is 0 Å². The van der Waals surface area contributed by atoms with Crippen LogP contribution in [0.2, 0.25) is 0 Å². The number of aromatic nitrogens is 2. The lowest BCUT2D eigenvalue weighted by Crippen LogP contribution is -2.07. The first-order valence-electron chi connectivity index (χ1n) is 6.59. The molecule has 0 saturated heterocycles. The van der Waals surface area contributed by atoms with Crippen molar-refractivity contribution in [1.82, 2.24) is 9.78 Å². The highest BCUT2D eigenvalue weighted by molar-refractivity contribution is 5.37. The number of nitrogens with two attached hydrogens (primary N) is 1. The molecule has 0 unspecified atom stereocenters. The van der Waals surface area contributed by atoms with Gasteiger partial charge in [0.1, 0.15) is 5.75 Å². The molecule has 2 N–H and O–H groups in total. The summed E-state index contributed by atoms with van der Waals surface area (Å²) < 4.78 is 7.67. The summed E-state index contributed by atoms with van der Waals surface area (Å²) in [6.07, 6.45) is 5.60. The highest BCUT2D eigenvalue weighted by Crippen LogP contribution is 2.20. The summed E-state index contributed by atoms with van der Waals surface area (Å²) >= 11 is 0. The van der Waals surface area contributed by atoms with Gasteiger partial charge in [0, 0.05) is 19.7 Å². The van der Waals surface area contributed by atoms with E-state index in [4.69, 9.17) is 10.5 Å². The third-order valence-corrected chi connectivity index (χ3v) is 3.04. The number of hydrogen-bond acceptors (Lipinski definition) is 3. The Morgan fingerprint density at radius 3 is 2.84 bits per heavy atom. The molecule has 0 spiro atoms. The molecule has 1 heterocycles. The molecule has 0 atom stereocenters. The minimum absolute atomic E-state index is 0.641. The maximum absolute atomic E-state index is 5.87. The van der Waals surface area contributed by atoms with Gasteiger partial charge in [-0.2, -0.15) is 5.10 Å². The molecule has 0 bridgehead atoms. The molecule has 0 fully saturated rings. The van der Waals surface area contributed by atoms with Crippen LogP contribution in [0.5, 0.6) is 5.75 Å². The summed E-state index contributed by atoms with van der Waals surface area (Å²) in [6, 6.07) is 6.25. The van der Waals surface area contributed by atoms with Crippen molar-refractivity contribution in [3.8, 4) is 5.75 Å². The molecule has 0 aliphatic rings. The second kappa shape index (κ2) is 6.38. The van der Waals surface area contributed by atoms with Crippen LogP contribution in [0.15, 0.2) is 30.6 Å². The molecule has 0 aliphatic heterocycles. The number of ether oxygens (including phenoxy) is 1. The van der Waals surface area contributed by atoms with Crippen LogP contribution in [-0.2, 0) is 19.9 Å². The molecule has 102 valence electrons. The topological polar surface area (TPSA) is 53.1 Å². The van der Waals surface area contributed by atoms with E-state index in [9.17, 15) is 0 Å². The van der Waals surface area contributed by atoms with Crippen molar-refractivity contribution in [2.75, 3.05) is 13.2 Å². The Morgan fingerprint density at radius 2 is 2.16 bits per heavy atom. The summed E-state index contributed by atoms with van der Waals surface area (Å²) in [4.78, 5) is 0. The highest BCUT2D eigenvalue weighted by Gasteiger charge is 2.04. The van der Waals surface area contributed by atoms with Gasteiger partial charge in [-0.1, -0.05) is 17.7 Å². The van der Waals surface area contributed by atoms with Crippen LogP contribution in [-0.4, -0.2) is 22.9 Å². The fourth-order valence-corrected chi connectivity index (χ4v) is 2.08. The standard InChI is InChI=1S/C15H21N3O/c1-12-3-4-15(14(9-12)5-7-16)19-8-6-13-10-17-18(2)11-13/h3-4,9-11H,5-8,16H2,1-2H3. The Hall–Kier alpha value is -1.81. The van der Waals surface area contributed by atoms with E-state index in [1.165, 1.54) is 16.7 Å². The lowest BCUT2D eigenvalue weighted by atomic mass is 10.1. The smallest absolute Gasteiger partial charge is 0.122 e. The minimum atomic E-state index is 0.641. The number of rotatable bonds is 6. The molecular formula is C15H21N3O. The van der Waals surface area contributed by atoms with Crippen LogP contribution in [0.1, 0.15) is 16.7 Å². The van der Waals surface area contributed by atoms with E-state index in [1.54, 1.807) is 4.68 Å². The lowest BCUT2D eigenvalue weighted by molar-refractivity contribution is 0.318. The Labute approximate surface area is 114 Å². The molecule has 1 aromatic carbocycles. The average Bonchev–Trinajstić information content (AvgIpc) is 2.78. The Kier molecular flexibility index (Phi) is 4.58. The second-order valence-corrected chi connectivity index (χ2v) is 4.77. The van der Waals surface area contributed by atoms with Crippen molar-refractivity contribution in [1.29, 1.82) is 0 Å². The van der Waals surface area contributed by atoms with Crippen LogP contribution in [0.4, 0.5) is 0 Å². The quantitative estimate of drug-likeness (QED) is 0.861. The zero-order valence-electron chi connectivity index (χ0n) is 11.6. The second-order valence-electron chi connectivity index (χ2n) is 4.77. The number of aryl methyl sites for hydroxylation is 2. The largest absolute Gasteiger partial charge is 0.493 e. The Balaban J connectivity index is 1.95. The van der Waals surface area contributed by atoms with Crippen LogP contribution in [0, 0.1) is 6.92 Å². The van der Waals surface area contributed by atoms with Crippen molar-refractivity contribution >= 4 is 0 Å². The molecule has 0 amide bonds. The molecule has 0 radical (unpaired) electrons. The van der Waals surface area contributed by atoms with Gasteiger partial charge in [-0.05, 0) is 37.1 Å². The van der Waals surface area contributed by atoms with E-state index >= 15 is 0 Å². The van der Waals surface area contributed by atoms with E-state index in [-0.39, 0.29) is 0 Å². The van der Waals surface area contributed by atoms with Crippen LogP contribution in [0.3, 0.4) is 0 Å². The summed E-state index contributed by atoms with van der Waals surface area (Å²) in [5.41, 5.74) is 9.25. The summed E-state index contributed by atoms with van der Waals surface area (Å²) in [5, 5.41) is 4.15. The number of nitrogens with zero attached hydrogens (tertiary/aromatic N) is 2. The van der Waals surface area contributed by atoms with Crippen molar-refractivity contribution in [2.24, 2.45) is 12.8 Å². The van der Waals surface area contributed by atoms with Crippen LogP contribution >= 0.6 is 0 Å². The molecule has 2 rings (SSSR count). The summed E-state index contributed by atoms with van der Waals surface area (Å²) in [5.74, 6) is 0.944. The molecule has 0 aliphatic carbocycles. The number of benzene rings is 1. The average molecular weight is 259 g/mol. The molecule has 0 saturated carbocycles. The van der Waals surface area contributed by atoms with Gasteiger partial charge < -0.3 is 10.5 Å². The number of hydrogen-bond donors (Lipinski definition) is 1. The van der Waals surface area contributed by atoms with Crippen LogP contribution < -0.4 is 10.5 Å². The van der Waals surface area contributed by atoms with Crippen molar-refractivity contribution in [3.63, 3.8) is 0 Å². The van der Waals surface area contributed by atoms with E-state index in [0.29, 0.717) is 13.2 Å². The normalized spacial score (nSPS) is 10.7. The van der Waals surface area contributed by atoms with Crippen molar-refractivity contribution < 1.29 is 4.74 Å². The van der Waals surface area contributed by atoms with Crippen molar-refractivity contribution in [2.45, 2.75) is 19.8 Å². The lowest BCUT2D eigenvalue weighted by Gasteiger charge is -2.11. The Morgan fingerprint density at radius 1 is 1.32 bits per heavy atom. The van der Waals surface area contributed by atoms with Crippen LogP contribution in [0.25, 0.3) is 0 Å². The van der Waals surface area contributed by atoms with E-state index in [2.05, 4.69) is 24.2 Å². The van der Waals surface area contributed by atoms with Gasteiger partial charge in [-0.3, -0.25) is 4.68 Å². The molecule has 4 heteroatoms. The molecule has 2 aromatic rings. The SMILES string of the molecule is Cc1ccc(OCCc2cnn(C)c2)c(CCN)c1. The van der Waals surface area contributed by atoms with E-state index < -0.39 is 0 Å². The Bertz CT molecular complexity index is 534. The van der Waals surface area contributed by atoms with Crippen molar-refractivity contribution in [3.05, 3.63) is 47.3 Å². The minimum Gasteiger partial charge on any atom is -0.493 e. The van der Waals surface area contributed by atoms with Gasteiger partial charge in [0.2, 0.25) is 0 Å². The first kappa shape index (κ1) is 13.6. The predicted octanol–water partition coefficient (Wildman–Crippen LogP) is 1.85. The maximum Gasteiger partial charge on any atom is 0.122 e. The summed E-state index contributed by atoms with van der Waals surface area (Å²) in [7, 11) is 1.92. The monoisotopic (exact) mass is 259 g/mol. The van der Waals surface area contributed by atoms with Gasteiger partial charge in [0.05, 0.1) is 12.8 Å². The van der Waals surface area contributed by atoms with Gasteiger partial charge in [-0.25, -0.2) is 0 Å². The van der Waals surface area contributed by atoms with Gasteiger partial charge >= 0.3 is 0 Å². The first-order valence-corrected chi connectivity index (χ1v) is 6.59. The van der Waals surface area contributed by atoms with Gasteiger partial charge in [0.15, 0.2) is 0 Å². The molecule has 4 nitrogen and oxygen atoms in total. The molecule has 1 aromatic heterocycles. The van der Waals surface area contributed by atoms with E-state index in [0.717, 1.165) is 18.6 Å². The zero-order chi connectivity index (χ0) is 13.7. The molecular weight excluding hydrogens is 238 g/mol. The van der Waals surface area contributed by atoms with E-state index in [1.807, 2.05) is 25.5 Å².